The molecular formula is C17H27N5O2. The summed E-state index contributed by atoms with van der Waals surface area (Å²) in [6.07, 6.45) is 4.98. The van der Waals surface area contributed by atoms with Crippen LogP contribution in [0.25, 0.3) is 0 Å². The number of aromatic nitrogens is 2. The molecule has 0 saturated carbocycles. The van der Waals surface area contributed by atoms with Gasteiger partial charge in [0.2, 0.25) is 5.95 Å². The Kier molecular flexibility index (Phi) is 5.98. The van der Waals surface area contributed by atoms with Crippen LogP contribution in [0.2, 0.25) is 0 Å². The summed E-state index contributed by atoms with van der Waals surface area (Å²) in [5, 5.41) is 2.98. The summed E-state index contributed by atoms with van der Waals surface area (Å²) in [6.45, 7) is 9.15. The topological polar surface area (TPSA) is 70.6 Å². The number of hydrogen-bond acceptors (Lipinski definition) is 6. The van der Waals surface area contributed by atoms with Gasteiger partial charge in [-0.25, -0.2) is 9.97 Å². The van der Waals surface area contributed by atoms with Crippen molar-refractivity contribution in [2.75, 3.05) is 57.4 Å². The number of rotatable bonds is 6. The Bertz CT molecular complexity index is 554. The lowest BCUT2D eigenvalue weighted by Gasteiger charge is -2.26. The third kappa shape index (κ3) is 4.42. The maximum absolute atomic E-state index is 12.3. The molecule has 0 spiro atoms. The van der Waals surface area contributed by atoms with E-state index in [1.54, 1.807) is 6.20 Å². The van der Waals surface area contributed by atoms with Crippen molar-refractivity contribution in [1.29, 1.82) is 0 Å². The first kappa shape index (κ1) is 17.1. The second-order valence-electron chi connectivity index (χ2n) is 6.43. The zero-order chi connectivity index (χ0) is 16.8. The van der Waals surface area contributed by atoms with E-state index in [1.165, 1.54) is 12.8 Å². The first-order valence-corrected chi connectivity index (χ1v) is 8.91. The number of ether oxygens (including phenoxy) is 1. The number of carbonyl (C=O) groups is 1. The number of carbonyl (C=O) groups excluding carboxylic acids is 1. The summed E-state index contributed by atoms with van der Waals surface area (Å²) in [4.78, 5) is 25.7. The molecule has 0 aromatic carbocycles. The number of morpholine rings is 1. The molecular weight excluding hydrogens is 306 g/mol. The van der Waals surface area contributed by atoms with E-state index < -0.39 is 0 Å². The molecule has 2 aliphatic heterocycles. The fourth-order valence-corrected chi connectivity index (χ4v) is 3.17. The third-order valence-corrected chi connectivity index (χ3v) is 4.64. The quantitative estimate of drug-likeness (QED) is 0.778. The standard InChI is InChI=1S/C17H27N5O2/c1-14-15(13-19-17(20-14)22-7-2-3-8-22)16(23)18-5-4-6-21-9-11-24-12-10-21/h13H,2-12H2,1H3,(H,18,23). The van der Waals surface area contributed by atoms with Crippen LogP contribution in [0.5, 0.6) is 0 Å². The molecule has 0 bridgehead atoms. The zero-order valence-electron chi connectivity index (χ0n) is 14.5. The molecule has 132 valence electrons. The van der Waals surface area contributed by atoms with Gasteiger partial charge in [0.05, 0.1) is 24.5 Å². The average Bonchev–Trinajstić information content (AvgIpc) is 3.14. The highest BCUT2D eigenvalue weighted by molar-refractivity contribution is 5.94. The zero-order valence-corrected chi connectivity index (χ0v) is 14.5. The van der Waals surface area contributed by atoms with Crippen LogP contribution < -0.4 is 10.2 Å². The SMILES string of the molecule is Cc1nc(N2CCCC2)ncc1C(=O)NCCCN1CCOCC1. The second-order valence-corrected chi connectivity index (χ2v) is 6.43. The van der Waals surface area contributed by atoms with Crippen molar-refractivity contribution in [3.05, 3.63) is 17.5 Å². The van der Waals surface area contributed by atoms with E-state index in [4.69, 9.17) is 4.74 Å². The third-order valence-electron chi connectivity index (χ3n) is 4.64. The van der Waals surface area contributed by atoms with Gasteiger partial charge in [0.15, 0.2) is 0 Å². The van der Waals surface area contributed by atoms with Crippen LogP contribution in [0.1, 0.15) is 35.3 Å². The highest BCUT2D eigenvalue weighted by Crippen LogP contribution is 2.16. The fraction of sp³-hybridized carbons (Fsp3) is 0.706. The predicted molar refractivity (Wildman–Crippen MR) is 92.4 cm³/mol. The normalized spacial score (nSPS) is 18.8. The maximum Gasteiger partial charge on any atom is 0.254 e. The molecule has 1 N–H and O–H groups in total. The summed E-state index contributed by atoms with van der Waals surface area (Å²) in [7, 11) is 0. The summed E-state index contributed by atoms with van der Waals surface area (Å²) >= 11 is 0. The second kappa shape index (κ2) is 8.39. The minimum atomic E-state index is -0.0811. The summed E-state index contributed by atoms with van der Waals surface area (Å²) in [5.74, 6) is 0.663. The maximum atomic E-state index is 12.3. The number of hydrogen-bond donors (Lipinski definition) is 1. The Labute approximate surface area is 143 Å². The first-order valence-electron chi connectivity index (χ1n) is 8.91. The highest BCUT2D eigenvalue weighted by Gasteiger charge is 2.18. The average molecular weight is 333 g/mol. The number of aryl methyl sites for hydroxylation is 1. The Balaban J connectivity index is 1.45. The van der Waals surface area contributed by atoms with Crippen LogP contribution in [0.4, 0.5) is 5.95 Å². The summed E-state index contributed by atoms with van der Waals surface area (Å²) < 4.78 is 5.33. The molecule has 2 aliphatic rings. The molecule has 1 amide bonds. The lowest BCUT2D eigenvalue weighted by molar-refractivity contribution is 0.0374. The first-order chi connectivity index (χ1) is 11.7. The fourth-order valence-electron chi connectivity index (χ4n) is 3.17. The molecule has 3 heterocycles. The van der Waals surface area contributed by atoms with Crippen molar-refractivity contribution in [3.8, 4) is 0 Å². The van der Waals surface area contributed by atoms with Gasteiger partial charge in [-0.1, -0.05) is 0 Å². The van der Waals surface area contributed by atoms with Crippen molar-refractivity contribution in [3.63, 3.8) is 0 Å². The molecule has 1 aromatic heterocycles. The highest BCUT2D eigenvalue weighted by atomic mass is 16.5. The van der Waals surface area contributed by atoms with Gasteiger partial charge in [-0.05, 0) is 32.7 Å². The van der Waals surface area contributed by atoms with E-state index in [2.05, 4.69) is 25.1 Å². The Morgan fingerprint density at radius 3 is 2.71 bits per heavy atom. The molecule has 3 rings (SSSR count). The summed E-state index contributed by atoms with van der Waals surface area (Å²) in [5.41, 5.74) is 1.32. The molecule has 24 heavy (non-hydrogen) atoms. The van der Waals surface area contributed by atoms with Crippen molar-refractivity contribution in [2.24, 2.45) is 0 Å². The largest absolute Gasteiger partial charge is 0.379 e. The molecule has 7 heteroatoms. The van der Waals surface area contributed by atoms with Crippen LogP contribution in [-0.4, -0.2) is 73.3 Å². The predicted octanol–water partition coefficient (Wildman–Crippen LogP) is 0.837. The summed E-state index contributed by atoms with van der Waals surface area (Å²) in [6, 6.07) is 0. The lowest BCUT2D eigenvalue weighted by Crippen LogP contribution is -2.38. The Hall–Kier alpha value is -1.73. The van der Waals surface area contributed by atoms with E-state index >= 15 is 0 Å². The van der Waals surface area contributed by atoms with E-state index in [1.807, 2.05) is 6.92 Å². The van der Waals surface area contributed by atoms with Crippen LogP contribution in [0.3, 0.4) is 0 Å². The van der Waals surface area contributed by atoms with Gasteiger partial charge in [0.1, 0.15) is 0 Å². The Morgan fingerprint density at radius 1 is 1.25 bits per heavy atom. The van der Waals surface area contributed by atoms with Gasteiger partial charge in [0, 0.05) is 38.9 Å². The van der Waals surface area contributed by atoms with Crippen LogP contribution in [-0.2, 0) is 4.74 Å². The molecule has 0 atom stereocenters. The van der Waals surface area contributed by atoms with E-state index in [0.717, 1.165) is 64.0 Å². The van der Waals surface area contributed by atoms with Crippen molar-refractivity contribution < 1.29 is 9.53 Å². The van der Waals surface area contributed by atoms with Gasteiger partial charge in [-0.15, -0.1) is 0 Å². The van der Waals surface area contributed by atoms with Gasteiger partial charge < -0.3 is 15.0 Å². The lowest BCUT2D eigenvalue weighted by atomic mass is 10.2. The minimum Gasteiger partial charge on any atom is -0.379 e. The minimum absolute atomic E-state index is 0.0811. The molecule has 2 saturated heterocycles. The monoisotopic (exact) mass is 333 g/mol. The van der Waals surface area contributed by atoms with Crippen LogP contribution in [0, 0.1) is 6.92 Å². The van der Waals surface area contributed by atoms with Gasteiger partial charge >= 0.3 is 0 Å². The van der Waals surface area contributed by atoms with Gasteiger partial charge in [-0.2, -0.15) is 0 Å². The van der Waals surface area contributed by atoms with Gasteiger partial charge in [-0.3, -0.25) is 9.69 Å². The van der Waals surface area contributed by atoms with Crippen LogP contribution >= 0.6 is 0 Å². The smallest absolute Gasteiger partial charge is 0.254 e. The number of nitrogens with zero attached hydrogens (tertiary/aromatic N) is 4. The van der Waals surface area contributed by atoms with E-state index in [9.17, 15) is 4.79 Å². The van der Waals surface area contributed by atoms with Crippen molar-refractivity contribution in [1.82, 2.24) is 20.2 Å². The van der Waals surface area contributed by atoms with E-state index in [0.29, 0.717) is 12.1 Å². The molecule has 2 fully saturated rings. The Morgan fingerprint density at radius 2 is 2.00 bits per heavy atom. The van der Waals surface area contributed by atoms with E-state index in [-0.39, 0.29) is 5.91 Å². The molecule has 1 aromatic rings. The number of nitrogens with one attached hydrogen (secondary N) is 1. The van der Waals surface area contributed by atoms with Crippen LogP contribution in [0.15, 0.2) is 6.20 Å². The van der Waals surface area contributed by atoms with Gasteiger partial charge in [0.25, 0.3) is 5.91 Å². The molecule has 0 aliphatic carbocycles. The number of amides is 1. The van der Waals surface area contributed by atoms with Crippen molar-refractivity contribution in [2.45, 2.75) is 26.2 Å². The number of anilines is 1. The molecule has 0 unspecified atom stereocenters. The molecule has 0 radical (unpaired) electrons. The van der Waals surface area contributed by atoms with Crippen molar-refractivity contribution >= 4 is 11.9 Å². The molecule has 7 nitrogen and oxygen atoms in total.